The maximum atomic E-state index is 12.4. The van der Waals surface area contributed by atoms with Crippen molar-refractivity contribution in [2.45, 2.75) is 96.2 Å². The van der Waals surface area contributed by atoms with Gasteiger partial charge in [0, 0.05) is 38.5 Å². The number of aliphatic hydroxyl groups is 2. The quantitative estimate of drug-likeness (QED) is 0.297. The van der Waals surface area contributed by atoms with Gasteiger partial charge in [-0.25, -0.2) is 0 Å². The summed E-state index contributed by atoms with van der Waals surface area (Å²) < 4.78 is 17.6. The van der Waals surface area contributed by atoms with Crippen LogP contribution in [0.1, 0.15) is 53.9 Å². The fraction of sp³-hybridized carbons (Fsp3) is 0.692. The maximum absolute atomic E-state index is 12.4. The Kier molecular flexibility index (Phi) is 10.6. The lowest BCUT2D eigenvalue weighted by Crippen LogP contribution is -2.56. The monoisotopic (exact) mass is 479 g/mol. The summed E-state index contributed by atoms with van der Waals surface area (Å²) in [5.41, 5.74) is 0.211. The SMILES string of the molecule is CO[C@@]1(C)C[C@@H](CC=O)O[C@H](/C=C/C(C)=C/C[C@@H]2O[C@H](C)N(C(=O)/C=C\[C@H](C)O)C[C@@H]2C)[C@H]1O. The summed E-state index contributed by atoms with van der Waals surface area (Å²) in [6, 6.07) is 0. The Morgan fingerprint density at radius 3 is 2.59 bits per heavy atom. The Labute approximate surface area is 203 Å². The molecule has 8 heteroatoms. The van der Waals surface area contributed by atoms with E-state index in [0.717, 1.165) is 11.9 Å². The van der Waals surface area contributed by atoms with Crippen molar-refractivity contribution in [2.24, 2.45) is 5.92 Å². The van der Waals surface area contributed by atoms with Gasteiger partial charge < -0.3 is 34.1 Å². The fourth-order valence-electron chi connectivity index (χ4n) is 4.39. The molecule has 2 aliphatic heterocycles. The molecule has 0 radical (unpaired) electrons. The topological polar surface area (TPSA) is 106 Å². The van der Waals surface area contributed by atoms with Crippen molar-refractivity contribution in [2.75, 3.05) is 13.7 Å². The summed E-state index contributed by atoms with van der Waals surface area (Å²) in [4.78, 5) is 25.0. The minimum absolute atomic E-state index is 0.0339. The van der Waals surface area contributed by atoms with Crippen LogP contribution in [0.4, 0.5) is 0 Å². The Bertz CT molecular complexity index is 777. The second-order valence-corrected chi connectivity index (χ2v) is 9.68. The van der Waals surface area contributed by atoms with Crippen molar-refractivity contribution in [3.05, 3.63) is 36.0 Å². The molecule has 0 aliphatic carbocycles. The summed E-state index contributed by atoms with van der Waals surface area (Å²) in [5, 5.41) is 20.1. The van der Waals surface area contributed by atoms with Gasteiger partial charge in [-0.05, 0) is 34.1 Å². The minimum Gasteiger partial charge on any atom is -0.389 e. The highest BCUT2D eigenvalue weighted by molar-refractivity contribution is 5.87. The summed E-state index contributed by atoms with van der Waals surface area (Å²) in [6.45, 7) is 9.89. The zero-order valence-electron chi connectivity index (χ0n) is 21.2. The molecule has 0 bridgehead atoms. The first-order chi connectivity index (χ1) is 16.0. The van der Waals surface area contributed by atoms with Crippen LogP contribution in [0.2, 0.25) is 0 Å². The van der Waals surface area contributed by atoms with Gasteiger partial charge >= 0.3 is 0 Å². The van der Waals surface area contributed by atoms with Gasteiger partial charge in [-0.15, -0.1) is 0 Å². The molecule has 192 valence electrons. The van der Waals surface area contributed by atoms with Crippen LogP contribution in [-0.4, -0.2) is 83.3 Å². The first-order valence-corrected chi connectivity index (χ1v) is 12.0. The Morgan fingerprint density at radius 1 is 1.26 bits per heavy atom. The van der Waals surface area contributed by atoms with Crippen LogP contribution >= 0.6 is 0 Å². The molecule has 2 heterocycles. The van der Waals surface area contributed by atoms with Crippen molar-refractivity contribution >= 4 is 12.2 Å². The first kappa shape index (κ1) is 28.4. The predicted octanol–water partition coefficient (Wildman–Crippen LogP) is 2.54. The number of hydrogen-bond acceptors (Lipinski definition) is 7. The molecular formula is C26H41NO7. The molecule has 0 unspecified atom stereocenters. The third kappa shape index (κ3) is 7.58. The number of hydrogen-bond donors (Lipinski definition) is 2. The highest BCUT2D eigenvalue weighted by atomic mass is 16.5. The van der Waals surface area contributed by atoms with Crippen molar-refractivity contribution in [1.82, 2.24) is 4.90 Å². The molecule has 0 spiro atoms. The highest BCUT2D eigenvalue weighted by Crippen LogP contribution is 2.33. The number of carbonyl (C=O) groups excluding carboxylic acids is 2. The molecule has 2 aliphatic rings. The molecule has 2 N–H and O–H groups in total. The summed E-state index contributed by atoms with van der Waals surface area (Å²) in [5.74, 6) is -0.0292. The molecule has 1 amide bonds. The van der Waals surface area contributed by atoms with E-state index in [1.165, 1.54) is 12.2 Å². The van der Waals surface area contributed by atoms with Gasteiger partial charge in [-0.3, -0.25) is 4.79 Å². The Hall–Kier alpha value is -1.84. The van der Waals surface area contributed by atoms with Crippen LogP contribution in [0.25, 0.3) is 0 Å². The van der Waals surface area contributed by atoms with Crippen LogP contribution in [0.15, 0.2) is 36.0 Å². The minimum atomic E-state index is -0.849. The van der Waals surface area contributed by atoms with Crippen LogP contribution < -0.4 is 0 Å². The van der Waals surface area contributed by atoms with Gasteiger partial charge in [0.25, 0.3) is 0 Å². The number of allylic oxidation sites excluding steroid dienone is 2. The van der Waals surface area contributed by atoms with E-state index < -0.39 is 23.9 Å². The first-order valence-electron chi connectivity index (χ1n) is 12.0. The summed E-state index contributed by atoms with van der Waals surface area (Å²) >= 11 is 0. The van der Waals surface area contributed by atoms with Crippen molar-refractivity contribution in [1.29, 1.82) is 0 Å². The van der Waals surface area contributed by atoms with Gasteiger partial charge in [-0.2, -0.15) is 0 Å². The largest absolute Gasteiger partial charge is 0.389 e. The van der Waals surface area contributed by atoms with Crippen LogP contribution in [-0.2, 0) is 23.8 Å². The lowest BCUT2D eigenvalue weighted by Gasteiger charge is -2.44. The predicted molar refractivity (Wildman–Crippen MR) is 129 cm³/mol. The molecule has 8 nitrogen and oxygen atoms in total. The molecule has 0 aromatic heterocycles. The van der Waals surface area contributed by atoms with Crippen LogP contribution in [0.5, 0.6) is 0 Å². The lowest BCUT2D eigenvalue weighted by molar-refractivity contribution is -0.206. The Morgan fingerprint density at radius 2 is 1.97 bits per heavy atom. The molecule has 8 atom stereocenters. The van der Waals surface area contributed by atoms with Crippen molar-refractivity contribution in [3.8, 4) is 0 Å². The third-order valence-corrected chi connectivity index (χ3v) is 6.70. The molecule has 34 heavy (non-hydrogen) atoms. The lowest BCUT2D eigenvalue weighted by atomic mass is 9.84. The second-order valence-electron chi connectivity index (χ2n) is 9.68. The van der Waals surface area contributed by atoms with Gasteiger partial charge in [0.15, 0.2) is 0 Å². The number of aliphatic hydroxyl groups excluding tert-OH is 2. The molecule has 2 saturated heterocycles. The Balaban J connectivity index is 1.98. The molecule has 2 fully saturated rings. The van der Waals surface area contributed by atoms with Gasteiger partial charge in [-0.1, -0.05) is 36.8 Å². The van der Waals surface area contributed by atoms with Crippen LogP contribution in [0, 0.1) is 5.92 Å². The van der Waals surface area contributed by atoms with Crippen molar-refractivity contribution < 1.29 is 34.0 Å². The van der Waals surface area contributed by atoms with E-state index in [1.807, 2.05) is 32.9 Å². The van der Waals surface area contributed by atoms with Gasteiger partial charge in [0.2, 0.25) is 5.91 Å². The van der Waals surface area contributed by atoms with E-state index in [9.17, 15) is 19.8 Å². The van der Waals surface area contributed by atoms with E-state index in [0.29, 0.717) is 19.4 Å². The number of nitrogens with zero attached hydrogens (tertiary/aromatic N) is 1. The van der Waals surface area contributed by atoms with E-state index >= 15 is 0 Å². The summed E-state index contributed by atoms with van der Waals surface area (Å²) in [6.07, 6.45) is 8.08. The molecule has 0 aromatic rings. The van der Waals surface area contributed by atoms with E-state index in [4.69, 9.17) is 14.2 Å². The fourth-order valence-corrected chi connectivity index (χ4v) is 4.39. The van der Waals surface area contributed by atoms with E-state index in [1.54, 1.807) is 18.9 Å². The van der Waals surface area contributed by atoms with Gasteiger partial charge in [0.05, 0.1) is 23.9 Å². The van der Waals surface area contributed by atoms with Crippen molar-refractivity contribution in [3.63, 3.8) is 0 Å². The van der Waals surface area contributed by atoms with E-state index in [-0.39, 0.29) is 36.7 Å². The average Bonchev–Trinajstić information content (AvgIpc) is 2.79. The third-order valence-electron chi connectivity index (χ3n) is 6.70. The van der Waals surface area contributed by atoms with Gasteiger partial charge in [0.1, 0.15) is 24.7 Å². The number of methoxy groups -OCH3 is 1. The zero-order valence-corrected chi connectivity index (χ0v) is 21.2. The highest BCUT2D eigenvalue weighted by Gasteiger charge is 2.45. The number of amides is 1. The molecule has 0 aromatic carbocycles. The number of carbonyl (C=O) groups is 2. The molecule has 0 saturated carbocycles. The molecule has 2 rings (SSSR count). The second kappa shape index (κ2) is 12.7. The number of ether oxygens (including phenoxy) is 3. The smallest absolute Gasteiger partial charge is 0.248 e. The normalized spacial score (nSPS) is 36.2. The summed E-state index contributed by atoms with van der Waals surface area (Å²) in [7, 11) is 1.56. The number of rotatable bonds is 9. The molecular weight excluding hydrogens is 438 g/mol. The van der Waals surface area contributed by atoms with E-state index in [2.05, 4.69) is 13.0 Å². The van der Waals surface area contributed by atoms with Crippen LogP contribution in [0.3, 0.4) is 0 Å². The average molecular weight is 480 g/mol. The number of aldehydes is 1. The zero-order chi connectivity index (χ0) is 25.5. The standard InChI is InChI=1S/C26H41NO7/c1-17(8-11-23-25(31)26(5,32-6)15-21(34-23)13-14-28)7-10-22-18(2)16-27(20(4)33-22)24(30)12-9-19(3)29/h7-9,11-12,14,18-23,25,29,31H,10,13,15-16H2,1-6H3/b11-8+,12-9-,17-7+/t18-,19-,20+,21+,22-,23+,25+,26-/m0/s1. The maximum Gasteiger partial charge on any atom is 0.248 e.